The molecular weight excluding hydrogens is 336 g/mol. The second-order valence-electron chi connectivity index (χ2n) is 8.44. The predicted octanol–water partition coefficient (Wildman–Crippen LogP) is 3.36. The lowest BCUT2D eigenvalue weighted by atomic mass is 9.91. The molecule has 0 spiro atoms. The van der Waals surface area contributed by atoms with Crippen molar-refractivity contribution in [2.45, 2.75) is 62.8 Å². The second-order valence-corrected chi connectivity index (χ2v) is 8.44. The van der Waals surface area contributed by atoms with Crippen LogP contribution in [-0.4, -0.2) is 46.5 Å². The Kier molecular flexibility index (Phi) is 4.56. The van der Waals surface area contributed by atoms with E-state index in [4.69, 9.17) is 4.98 Å². The number of piperidine rings is 1. The topological polar surface area (TPSA) is 58.1 Å². The number of nitrogens with zero attached hydrogens (tertiary/aromatic N) is 3. The first-order chi connectivity index (χ1) is 13.3. The first-order valence-electron chi connectivity index (χ1n) is 10.6. The van der Waals surface area contributed by atoms with Crippen LogP contribution in [0.5, 0.6) is 0 Å². The van der Waals surface area contributed by atoms with Crippen LogP contribution in [-0.2, 0) is 4.79 Å². The van der Waals surface area contributed by atoms with E-state index < -0.39 is 0 Å². The van der Waals surface area contributed by atoms with Gasteiger partial charge in [0.05, 0.1) is 6.04 Å². The summed E-state index contributed by atoms with van der Waals surface area (Å²) in [5.41, 5.74) is 3.41. The van der Waals surface area contributed by atoms with E-state index in [1.807, 2.05) is 6.20 Å². The molecule has 142 valence electrons. The fourth-order valence-corrected chi connectivity index (χ4v) is 4.69. The molecule has 27 heavy (non-hydrogen) atoms. The number of aromatic nitrogens is 2. The minimum atomic E-state index is 0.0699. The van der Waals surface area contributed by atoms with Crippen molar-refractivity contribution in [3.8, 4) is 0 Å². The molecule has 0 radical (unpaired) electrons. The fourth-order valence-electron chi connectivity index (χ4n) is 4.69. The van der Waals surface area contributed by atoms with Gasteiger partial charge in [-0.15, -0.1) is 0 Å². The molecule has 1 saturated carbocycles. The van der Waals surface area contributed by atoms with E-state index in [1.54, 1.807) is 0 Å². The number of hydrogen-bond donors (Lipinski definition) is 1. The molecule has 1 atom stereocenters. The van der Waals surface area contributed by atoms with Crippen LogP contribution in [0.2, 0.25) is 0 Å². The maximum atomic E-state index is 12.3. The van der Waals surface area contributed by atoms with Gasteiger partial charge in [-0.05, 0) is 87.7 Å². The van der Waals surface area contributed by atoms with Gasteiger partial charge in [0, 0.05) is 29.7 Å². The van der Waals surface area contributed by atoms with Crippen molar-refractivity contribution in [3.63, 3.8) is 0 Å². The highest BCUT2D eigenvalue weighted by Crippen LogP contribution is 2.40. The Morgan fingerprint density at radius 2 is 1.85 bits per heavy atom. The molecule has 2 aromatic heterocycles. The monoisotopic (exact) mass is 364 g/mol. The van der Waals surface area contributed by atoms with Crippen molar-refractivity contribution in [2.24, 2.45) is 0 Å². The van der Waals surface area contributed by atoms with Crippen LogP contribution in [0, 0.1) is 0 Å². The molecule has 1 amide bonds. The summed E-state index contributed by atoms with van der Waals surface area (Å²) in [7, 11) is 0. The van der Waals surface area contributed by atoms with Gasteiger partial charge in [0.25, 0.3) is 0 Å². The number of amides is 1. The Balaban J connectivity index is 1.27. The summed E-state index contributed by atoms with van der Waals surface area (Å²) in [6, 6.07) is 6.73. The summed E-state index contributed by atoms with van der Waals surface area (Å²) in [5.74, 6) is 1.43. The largest absolute Gasteiger partial charge is 0.355 e. The second kappa shape index (κ2) is 7.19. The van der Waals surface area contributed by atoms with Crippen LogP contribution in [0.25, 0.3) is 11.0 Å². The molecular formula is C22H28N4O. The standard InChI is InChI=1S/C22H28N4O/c27-22-20(3-1-2-10-23-22)26-11-8-16(9-12-26)19-7-6-17-13-18(15-4-5-15)14-24-21(17)25-19/h6-7,13-16,20H,1-5,8-12H2,(H,23,27). The first kappa shape index (κ1) is 17.1. The van der Waals surface area contributed by atoms with Crippen molar-refractivity contribution < 1.29 is 4.79 Å². The van der Waals surface area contributed by atoms with Gasteiger partial charge < -0.3 is 5.32 Å². The Hall–Kier alpha value is -2.01. The molecule has 0 bridgehead atoms. The minimum Gasteiger partial charge on any atom is -0.355 e. The van der Waals surface area contributed by atoms with Crippen LogP contribution in [0.4, 0.5) is 0 Å². The van der Waals surface area contributed by atoms with E-state index in [-0.39, 0.29) is 11.9 Å². The highest BCUT2D eigenvalue weighted by molar-refractivity contribution is 5.82. The third-order valence-corrected chi connectivity index (χ3v) is 6.53. The van der Waals surface area contributed by atoms with E-state index >= 15 is 0 Å². The molecule has 2 saturated heterocycles. The lowest BCUT2D eigenvalue weighted by Crippen LogP contribution is -2.48. The number of pyridine rings is 2. The number of fused-ring (bicyclic) bond motifs is 1. The zero-order valence-corrected chi connectivity index (χ0v) is 15.9. The third kappa shape index (κ3) is 3.57. The molecule has 4 heterocycles. The summed E-state index contributed by atoms with van der Waals surface area (Å²) in [6.07, 6.45) is 10.0. The smallest absolute Gasteiger partial charge is 0.237 e. The van der Waals surface area contributed by atoms with E-state index in [0.29, 0.717) is 5.92 Å². The summed E-state index contributed by atoms with van der Waals surface area (Å²) in [5, 5.41) is 4.23. The summed E-state index contributed by atoms with van der Waals surface area (Å²) in [6.45, 7) is 2.80. The average molecular weight is 364 g/mol. The van der Waals surface area contributed by atoms with E-state index in [2.05, 4.69) is 33.4 Å². The molecule has 1 aliphatic carbocycles. The Labute approximate surface area is 160 Å². The minimum absolute atomic E-state index is 0.0699. The third-order valence-electron chi connectivity index (χ3n) is 6.53. The summed E-state index contributed by atoms with van der Waals surface area (Å²) < 4.78 is 0. The Morgan fingerprint density at radius 1 is 1.00 bits per heavy atom. The zero-order chi connectivity index (χ0) is 18.2. The molecule has 2 aromatic rings. The van der Waals surface area contributed by atoms with Gasteiger partial charge in [-0.25, -0.2) is 9.97 Å². The van der Waals surface area contributed by atoms with Gasteiger partial charge in [0.15, 0.2) is 5.65 Å². The molecule has 3 aliphatic rings. The van der Waals surface area contributed by atoms with E-state index in [9.17, 15) is 4.79 Å². The Morgan fingerprint density at radius 3 is 2.67 bits per heavy atom. The van der Waals surface area contributed by atoms with Gasteiger partial charge in [0.1, 0.15) is 0 Å². The lowest BCUT2D eigenvalue weighted by molar-refractivity contribution is -0.126. The van der Waals surface area contributed by atoms with Crippen molar-refractivity contribution in [3.05, 3.63) is 35.7 Å². The van der Waals surface area contributed by atoms with Crippen LogP contribution in [0.1, 0.15) is 68.0 Å². The fraction of sp³-hybridized carbons (Fsp3) is 0.591. The van der Waals surface area contributed by atoms with Crippen LogP contribution < -0.4 is 5.32 Å². The van der Waals surface area contributed by atoms with Crippen LogP contribution >= 0.6 is 0 Å². The number of likely N-dealkylation sites (tertiary alicyclic amines) is 1. The predicted molar refractivity (Wildman–Crippen MR) is 106 cm³/mol. The van der Waals surface area contributed by atoms with Gasteiger partial charge >= 0.3 is 0 Å². The maximum Gasteiger partial charge on any atom is 0.237 e. The zero-order valence-electron chi connectivity index (χ0n) is 15.9. The van der Waals surface area contributed by atoms with Crippen molar-refractivity contribution in [1.29, 1.82) is 0 Å². The first-order valence-corrected chi connectivity index (χ1v) is 10.6. The van der Waals surface area contributed by atoms with Gasteiger partial charge in [-0.1, -0.05) is 0 Å². The molecule has 3 fully saturated rings. The van der Waals surface area contributed by atoms with Crippen molar-refractivity contribution in [1.82, 2.24) is 20.2 Å². The van der Waals surface area contributed by atoms with Crippen LogP contribution in [0.3, 0.4) is 0 Å². The number of carbonyl (C=O) groups is 1. The lowest BCUT2D eigenvalue weighted by Gasteiger charge is -2.36. The van der Waals surface area contributed by atoms with Crippen LogP contribution in [0.15, 0.2) is 24.4 Å². The molecule has 1 unspecified atom stereocenters. The molecule has 5 rings (SSSR count). The normalized spacial score (nSPS) is 25.3. The highest BCUT2D eigenvalue weighted by Gasteiger charge is 2.31. The molecule has 1 N–H and O–H groups in total. The van der Waals surface area contributed by atoms with E-state index in [1.165, 1.54) is 24.1 Å². The quantitative estimate of drug-likeness (QED) is 0.907. The van der Waals surface area contributed by atoms with Gasteiger partial charge in [0.2, 0.25) is 5.91 Å². The highest BCUT2D eigenvalue weighted by atomic mass is 16.2. The maximum absolute atomic E-state index is 12.3. The summed E-state index contributed by atoms with van der Waals surface area (Å²) >= 11 is 0. The van der Waals surface area contributed by atoms with E-state index in [0.717, 1.165) is 68.7 Å². The number of hydrogen-bond acceptors (Lipinski definition) is 4. The number of nitrogens with one attached hydrogen (secondary N) is 1. The molecule has 5 heteroatoms. The van der Waals surface area contributed by atoms with Crippen molar-refractivity contribution >= 4 is 16.9 Å². The summed E-state index contributed by atoms with van der Waals surface area (Å²) in [4.78, 5) is 24.2. The molecule has 5 nitrogen and oxygen atoms in total. The average Bonchev–Trinajstić information content (AvgIpc) is 3.56. The van der Waals surface area contributed by atoms with Crippen molar-refractivity contribution in [2.75, 3.05) is 19.6 Å². The molecule has 2 aliphatic heterocycles. The van der Waals surface area contributed by atoms with Gasteiger partial charge in [-0.2, -0.15) is 0 Å². The molecule has 0 aromatic carbocycles. The Bertz CT molecular complexity index is 839. The number of carbonyl (C=O) groups excluding carboxylic acids is 1. The number of rotatable bonds is 3. The SMILES string of the molecule is O=C1NCCCCC1N1CCC(c2ccc3cc(C4CC4)cnc3n2)CC1. The van der Waals surface area contributed by atoms with Gasteiger partial charge in [-0.3, -0.25) is 9.69 Å².